The second-order valence-corrected chi connectivity index (χ2v) is 18.8. The maximum Gasteiger partial charge on any atom is 0.472 e. The van der Waals surface area contributed by atoms with Crippen LogP contribution in [0.5, 0.6) is 0 Å². The zero-order valence-corrected chi connectivity index (χ0v) is 41.3. The quantitative estimate of drug-likeness (QED) is 0.00947. The Bertz CT molecular complexity index is 1480. The second kappa shape index (κ2) is 40.0. The number of aliphatic hydroxyl groups excluding tert-OH is 7. The smallest absolute Gasteiger partial charge is 0.462 e. The molecule has 0 aromatic carbocycles. The summed E-state index contributed by atoms with van der Waals surface area (Å²) in [5, 5.41) is 70.6. The van der Waals surface area contributed by atoms with Crippen LogP contribution in [0.2, 0.25) is 0 Å². The average Bonchev–Trinajstić information content (AvgIpc) is 3.30. The molecule has 0 aliphatic heterocycles. The van der Waals surface area contributed by atoms with Gasteiger partial charge in [0.25, 0.3) is 0 Å². The van der Waals surface area contributed by atoms with Crippen LogP contribution >= 0.6 is 7.82 Å². The van der Waals surface area contributed by atoms with Crippen molar-refractivity contribution in [3.05, 3.63) is 72.9 Å². The van der Waals surface area contributed by atoms with E-state index in [-0.39, 0.29) is 25.7 Å². The lowest BCUT2D eigenvalue weighted by Crippen LogP contribution is -2.64. The molecular formula is C51H87O15P. The largest absolute Gasteiger partial charge is 0.472 e. The van der Waals surface area contributed by atoms with Crippen LogP contribution in [0.15, 0.2) is 72.9 Å². The summed E-state index contributed by atoms with van der Waals surface area (Å²) in [4.78, 5) is 35.8. The van der Waals surface area contributed by atoms with Crippen LogP contribution in [0.3, 0.4) is 0 Å². The summed E-state index contributed by atoms with van der Waals surface area (Å²) in [5.74, 6) is -1.35. The van der Waals surface area contributed by atoms with Gasteiger partial charge in [-0.05, 0) is 70.6 Å². The van der Waals surface area contributed by atoms with Gasteiger partial charge in [-0.2, -0.15) is 0 Å². The molecule has 8 N–H and O–H groups in total. The number of phosphoric ester groups is 1. The number of esters is 2. The van der Waals surface area contributed by atoms with Crippen molar-refractivity contribution >= 4 is 19.8 Å². The molecule has 0 saturated heterocycles. The monoisotopic (exact) mass is 971 g/mol. The summed E-state index contributed by atoms with van der Waals surface area (Å²) in [6.45, 7) is 3.01. The molecule has 1 aliphatic rings. The molecule has 1 saturated carbocycles. The predicted molar refractivity (Wildman–Crippen MR) is 261 cm³/mol. The van der Waals surface area contributed by atoms with Gasteiger partial charge in [-0.3, -0.25) is 18.6 Å². The summed E-state index contributed by atoms with van der Waals surface area (Å²) in [5.41, 5.74) is 0. The van der Waals surface area contributed by atoms with Gasteiger partial charge in [0.1, 0.15) is 43.2 Å². The van der Waals surface area contributed by atoms with Gasteiger partial charge >= 0.3 is 19.8 Å². The standard InChI is InChI=1S/C51H87O15P/c1-3-5-7-9-11-12-13-14-15-16-17-18-19-20-21-22-23-25-31-37-45(55)65-43(40-64-67(61,62)66-51-49(59)47(57)46(56)48(58)50(51)60)39-63-44(54)38-32-36-42(53)35-30-27-26-29-34-41(52)33-28-24-10-8-6-4-2/h11-12,14-15,24,26-30,34-35,41-43,46-53,56-60H,3-10,13,16-23,25,31-33,36-40H2,1-2H3,(H,61,62)/b12-11-,15-14-,27-26+,28-24-,34-29+,35-30-/t41-,42-,43-,46?,47-,48+,49-,50-,51?/m1/s1. The molecule has 0 radical (unpaired) electrons. The third kappa shape index (κ3) is 32.6. The fraction of sp³-hybridized carbons (Fsp3) is 0.725. The number of rotatable bonds is 40. The lowest BCUT2D eigenvalue weighted by Gasteiger charge is -2.41. The van der Waals surface area contributed by atoms with Crippen molar-refractivity contribution in [1.29, 1.82) is 0 Å². The summed E-state index contributed by atoms with van der Waals surface area (Å²) in [6.07, 6.45) is 29.8. The van der Waals surface area contributed by atoms with Gasteiger partial charge in [0, 0.05) is 12.8 Å². The normalized spacial score (nSPS) is 22.7. The van der Waals surface area contributed by atoms with Crippen molar-refractivity contribution in [1.82, 2.24) is 0 Å². The third-order valence-corrected chi connectivity index (χ3v) is 12.2. The zero-order valence-electron chi connectivity index (χ0n) is 40.4. The van der Waals surface area contributed by atoms with Crippen molar-refractivity contribution < 1.29 is 73.3 Å². The van der Waals surface area contributed by atoms with E-state index in [1.165, 1.54) is 57.8 Å². The van der Waals surface area contributed by atoms with Gasteiger partial charge in [-0.25, -0.2) is 4.57 Å². The first-order chi connectivity index (χ1) is 32.2. The first-order valence-electron chi connectivity index (χ1n) is 25.0. The molecule has 0 aromatic heterocycles. The van der Waals surface area contributed by atoms with Crippen LogP contribution in [0.4, 0.5) is 0 Å². The van der Waals surface area contributed by atoms with Gasteiger partial charge in [-0.1, -0.05) is 157 Å². The molecule has 386 valence electrons. The van der Waals surface area contributed by atoms with E-state index in [4.69, 9.17) is 18.5 Å². The number of unbranched alkanes of at least 4 members (excludes halogenated alkanes) is 15. The minimum atomic E-state index is -5.19. The number of hydrogen-bond acceptors (Lipinski definition) is 14. The van der Waals surface area contributed by atoms with E-state index in [1.807, 2.05) is 6.08 Å². The Hall–Kier alpha value is -2.79. The molecule has 0 aromatic rings. The Morgan fingerprint density at radius 3 is 1.60 bits per heavy atom. The Kier molecular flexibility index (Phi) is 37.1. The number of allylic oxidation sites excluding steroid dienone is 9. The Morgan fingerprint density at radius 1 is 0.552 bits per heavy atom. The summed E-state index contributed by atoms with van der Waals surface area (Å²) < 4.78 is 33.4. The fourth-order valence-electron chi connectivity index (χ4n) is 7.10. The third-order valence-electron chi connectivity index (χ3n) is 11.2. The Morgan fingerprint density at radius 2 is 1.03 bits per heavy atom. The van der Waals surface area contributed by atoms with Gasteiger partial charge in [0.15, 0.2) is 6.10 Å². The minimum absolute atomic E-state index is 0.0359. The Labute approximate surface area is 401 Å². The molecule has 16 heteroatoms. The minimum Gasteiger partial charge on any atom is -0.462 e. The van der Waals surface area contributed by atoms with E-state index in [9.17, 15) is 54.8 Å². The molecule has 3 unspecified atom stereocenters. The van der Waals surface area contributed by atoms with Crippen LogP contribution in [0.1, 0.15) is 168 Å². The van der Waals surface area contributed by atoms with Crippen molar-refractivity contribution in [3.8, 4) is 0 Å². The fourth-order valence-corrected chi connectivity index (χ4v) is 8.07. The van der Waals surface area contributed by atoms with Gasteiger partial charge < -0.3 is 50.1 Å². The number of carbonyl (C=O) groups excluding carboxylic acids is 2. The SMILES string of the molecule is CCCCC/C=C\C/C=C\CCCCCCCCCCCC(=O)O[C@H](COC(=O)CCC[C@H](O)\C=C/C=C/C=C/[C@H](O)C/C=C\CCCCC)COP(=O)(O)OC1[C@H](O)[C@H](O)C(O)[C@H](O)[C@H]1O. The summed E-state index contributed by atoms with van der Waals surface area (Å²) in [6, 6.07) is 0. The van der Waals surface area contributed by atoms with Crippen LogP contribution in [0.25, 0.3) is 0 Å². The Balaban J connectivity index is 2.54. The van der Waals surface area contributed by atoms with E-state index in [2.05, 4.69) is 44.2 Å². The molecule has 1 aliphatic carbocycles. The van der Waals surface area contributed by atoms with E-state index < -0.39 is 87.9 Å². The zero-order chi connectivity index (χ0) is 49.5. The highest BCUT2D eigenvalue weighted by molar-refractivity contribution is 7.47. The van der Waals surface area contributed by atoms with Crippen LogP contribution in [-0.2, 0) is 32.7 Å². The van der Waals surface area contributed by atoms with Crippen LogP contribution in [-0.4, -0.2) is 121 Å². The summed E-state index contributed by atoms with van der Waals surface area (Å²) >= 11 is 0. The molecular weight excluding hydrogens is 884 g/mol. The van der Waals surface area contributed by atoms with E-state index in [0.29, 0.717) is 12.8 Å². The molecule has 15 nitrogen and oxygen atoms in total. The highest BCUT2D eigenvalue weighted by Gasteiger charge is 2.51. The van der Waals surface area contributed by atoms with Crippen molar-refractivity contribution in [3.63, 3.8) is 0 Å². The number of ether oxygens (including phenoxy) is 2. The molecule has 0 heterocycles. The molecule has 0 bridgehead atoms. The highest BCUT2D eigenvalue weighted by Crippen LogP contribution is 2.47. The molecule has 1 rings (SSSR count). The average molecular weight is 971 g/mol. The van der Waals surface area contributed by atoms with Crippen molar-refractivity contribution in [2.75, 3.05) is 13.2 Å². The maximum absolute atomic E-state index is 12.8. The van der Waals surface area contributed by atoms with E-state index >= 15 is 0 Å². The topological polar surface area (TPSA) is 250 Å². The molecule has 67 heavy (non-hydrogen) atoms. The highest BCUT2D eigenvalue weighted by atomic mass is 31.2. The lowest BCUT2D eigenvalue weighted by atomic mass is 9.85. The van der Waals surface area contributed by atoms with Crippen LogP contribution < -0.4 is 0 Å². The maximum atomic E-state index is 12.8. The summed E-state index contributed by atoms with van der Waals surface area (Å²) in [7, 11) is -5.19. The van der Waals surface area contributed by atoms with E-state index in [1.54, 1.807) is 36.5 Å². The van der Waals surface area contributed by atoms with Crippen LogP contribution in [0, 0.1) is 0 Å². The molecule has 0 amide bonds. The first-order valence-corrected chi connectivity index (χ1v) is 26.5. The number of phosphoric acid groups is 1. The van der Waals surface area contributed by atoms with E-state index in [0.717, 1.165) is 57.8 Å². The lowest BCUT2D eigenvalue weighted by molar-refractivity contribution is -0.220. The first kappa shape index (κ1) is 62.2. The van der Waals surface area contributed by atoms with Crippen molar-refractivity contribution in [2.24, 2.45) is 0 Å². The molecule has 1 fully saturated rings. The number of hydrogen-bond donors (Lipinski definition) is 8. The van der Waals surface area contributed by atoms with Gasteiger partial charge in [-0.15, -0.1) is 0 Å². The van der Waals surface area contributed by atoms with Crippen molar-refractivity contribution in [2.45, 2.75) is 223 Å². The predicted octanol–water partition coefficient (Wildman–Crippen LogP) is 8.22. The number of aliphatic hydroxyl groups is 7. The van der Waals surface area contributed by atoms with Gasteiger partial charge in [0.2, 0.25) is 0 Å². The molecule has 0 spiro atoms. The van der Waals surface area contributed by atoms with Gasteiger partial charge in [0.05, 0.1) is 18.8 Å². The second-order valence-electron chi connectivity index (χ2n) is 17.4. The molecule has 10 atom stereocenters. The number of carbonyl (C=O) groups is 2.